The van der Waals surface area contributed by atoms with Gasteiger partial charge in [-0.15, -0.1) is 23.4 Å². The molecule has 72 valence electrons. The Morgan fingerprint density at radius 2 is 2.15 bits per heavy atom. The van der Waals surface area contributed by atoms with E-state index in [9.17, 15) is 4.39 Å². The molecule has 0 amide bonds. The van der Waals surface area contributed by atoms with Gasteiger partial charge in [-0.1, -0.05) is 6.07 Å². The lowest BCUT2D eigenvalue weighted by molar-refractivity contribution is 0.624. The molecule has 1 rings (SSSR count). The summed E-state index contributed by atoms with van der Waals surface area (Å²) >= 11 is 7.22. The van der Waals surface area contributed by atoms with Crippen LogP contribution in [-0.4, -0.2) is 11.6 Å². The molecule has 0 saturated heterocycles. The minimum atomic E-state index is -0.164. The molecule has 3 heteroatoms. The van der Waals surface area contributed by atoms with E-state index >= 15 is 0 Å². The third-order valence-electron chi connectivity index (χ3n) is 1.59. The molecule has 0 nitrogen and oxygen atoms in total. The van der Waals surface area contributed by atoms with Crippen LogP contribution < -0.4 is 0 Å². The Kier molecular flexibility index (Phi) is 5.25. The number of rotatable bonds is 5. The van der Waals surface area contributed by atoms with E-state index in [-0.39, 0.29) is 5.82 Å². The van der Waals surface area contributed by atoms with Crippen molar-refractivity contribution in [3.05, 3.63) is 30.1 Å². The molecule has 0 saturated carbocycles. The van der Waals surface area contributed by atoms with Crippen LogP contribution in [0.15, 0.2) is 29.2 Å². The Morgan fingerprint density at radius 1 is 1.31 bits per heavy atom. The van der Waals surface area contributed by atoms with E-state index in [4.69, 9.17) is 11.6 Å². The first-order chi connectivity index (χ1) is 6.33. The van der Waals surface area contributed by atoms with E-state index in [2.05, 4.69) is 0 Å². The van der Waals surface area contributed by atoms with Gasteiger partial charge in [-0.25, -0.2) is 4.39 Å². The highest BCUT2D eigenvalue weighted by Crippen LogP contribution is 2.19. The molecule has 0 heterocycles. The van der Waals surface area contributed by atoms with Gasteiger partial charge in [0.15, 0.2) is 0 Å². The summed E-state index contributed by atoms with van der Waals surface area (Å²) in [5.41, 5.74) is 0. The molecule has 0 aliphatic rings. The number of benzene rings is 1. The van der Waals surface area contributed by atoms with Gasteiger partial charge in [-0.3, -0.25) is 0 Å². The zero-order chi connectivity index (χ0) is 9.52. The molecule has 0 radical (unpaired) electrons. The molecular formula is C10H12ClFS. The first-order valence-electron chi connectivity index (χ1n) is 4.27. The van der Waals surface area contributed by atoms with Crippen molar-refractivity contribution in [2.45, 2.75) is 17.7 Å². The summed E-state index contributed by atoms with van der Waals surface area (Å²) in [6.07, 6.45) is 2.12. The fourth-order valence-electron chi connectivity index (χ4n) is 0.943. The van der Waals surface area contributed by atoms with E-state index in [1.54, 1.807) is 23.9 Å². The average Bonchev–Trinajstić information content (AvgIpc) is 2.13. The standard InChI is InChI=1S/C10H12ClFS/c11-6-1-2-7-13-10-5-3-4-9(12)8-10/h3-5,8H,1-2,6-7H2. The van der Waals surface area contributed by atoms with E-state index in [1.807, 2.05) is 6.07 Å². The lowest BCUT2D eigenvalue weighted by Crippen LogP contribution is -1.82. The molecule has 0 bridgehead atoms. The fraction of sp³-hybridized carbons (Fsp3) is 0.400. The maximum Gasteiger partial charge on any atom is 0.124 e. The average molecular weight is 219 g/mol. The van der Waals surface area contributed by atoms with Gasteiger partial charge >= 0.3 is 0 Å². The second-order valence-electron chi connectivity index (χ2n) is 2.70. The quantitative estimate of drug-likeness (QED) is 0.410. The minimum absolute atomic E-state index is 0.164. The molecule has 1 aromatic carbocycles. The van der Waals surface area contributed by atoms with Gasteiger partial charge in [0.25, 0.3) is 0 Å². The van der Waals surface area contributed by atoms with Crippen molar-refractivity contribution in [2.24, 2.45) is 0 Å². The molecule has 13 heavy (non-hydrogen) atoms. The van der Waals surface area contributed by atoms with E-state index in [0.29, 0.717) is 5.88 Å². The van der Waals surface area contributed by atoms with E-state index in [1.165, 1.54) is 6.07 Å². The normalized spacial score (nSPS) is 10.3. The van der Waals surface area contributed by atoms with Crippen LogP contribution in [0.5, 0.6) is 0 Å². The minimum Gasteiger partial charge on any atom is -0.207 e. The monoisotopic (exact) mass is 218 g/mol. The molecule has 0 aromatic heterocycles. The van der Waals surface area contributed by atoms with Gasteiger partial charge < -0.3 is 0 Å². The number of hydrogen-bond acceptors (Lipinski definition) is 1. The molecule has 0 fully saturated rings. The van der Waals surface area contributed by atoms with Gasteiger partial charge in [0, 0.05) is 10.8 Å². The molecule has 0 aliphatic heterocycles. The Bertz CT molecular complexity index is 252. The van der Waals surface area contributed by atoms with Crippen LogP contribution in [0.2, 0.25) is 0 Å². The van der Waals surface area contributed by atoms with Crippen LogP contribution in [0.3, 0.4) is 0 Å². The van der Waals surface area contributed by atoms with Crippen molar-refractivity contribution in [3.63, 3.8) is 0 Å². The van der Waals surface area contributed by atoms with Crippen LogP contribution in [0.25, 0.3) is 0 Å². The lowest BCUT2D eigenvalue weighted by Gasteiger charge is -2.00. The summed E-state index contributed by atoms with van der Waals surface area (Å²) in [5.74, 6) is 1.56. The summed E-state index contributed by atoms with van der Waals surface area (Å²) in [6.45, 7) is 0. The molecule has 0 spiro atoms. The largest absolute Gasteiger partial charge is 0.207 e. The van der Waals surface area contributed by atoms with Crippen LogP contribution in [0, 0.1) is 5.82 Å². The second kappa shape index (κ2) is 6.28. The zero-order valence-corrected chi connectivity index (χ0v) is 8.87. The maximum atomic E-state index is 12.7. The molecule has 0 N–H and O–H groups in total. The Morgan fingerprint density at radius 3 is 2.85 bits per heavy atom. The Balaban J connectivity index is 2.28. The summed E-state index contributed by atoms with van der Waals surface area (Å²) in [6, 6.07) is 6.68. The van der Waals surface area contributed by atoms with E-state index < -0.39 is 0 Å². The molecule has 0 atom stereocenters. The Labute approximate surface area is 87.5 Å². The van der Waals surface area contributed by atoms with Crippen LogP contribution in [-0.2, 0) is 0 Å². The lowest BCUT2D eigenvalue weighted by atomic mass is 10.3. The van der Waals surface area contributed by atoms with Crippen molar-refractivity contribution in [2.75, 3.05) is 11.6 Å². The third kappa shape index (κ3) is 4.53. The first-order valence-corrected chi connectivity index (χ1v) is 5.79. The van der Waals surface area contributed by atoms with Gasteiger partial charge in [-0.05, 0) is 36.8 Å². The van der Waals surface area contributed by atoms with Crippen molar-refractivity contribution < 1.29 is 4.39 Å². The predicted molar refractivity (Wildman–Crippen MR) is 57.1 cm³/mol. The highest BCUT2D eigenvalue weighted by Gasteiger charge is 1.95. The number of halogens is 2. The summed E-state index contributed by atoms with van der Waals surface area (Å²) in [4.78, 5) is 0.995. The van der Waals surface area contributed by atoms with Gasteiger partial charge in [0.05, 0.1) is 0 Å². The first kappa shape index (κ1) is 10.9. The Hall–Kier alpha value is -0.210. The summed E-state index contributed by atoms with van der Waals surface area (Å²) in [5, 5.41) is 0. The molecule has 1 aromatic rings. The zero-order valence-electron chi connectivity index (χ0n) is 7.30. The molecular weight excluding hydrogens is 207 g/mol. The smallest absolute Gasteiger partial charge is 0.124 e. The van der Waals surface area contributed by atoms with Crippen LogP contribution >= 0.6 is 23.4 Å². The molecule has 0 aliphatic carbocycles. The van der Waals surface area contributed by atoms with Crippen molar-refractivity contribution in [1.82, 2.24) is 0 Å². The fourth-order valence-corrected chi connectivity index (χ4v) is 2.09. The number of unbranched alkanes of at least 4 members (excludes halogenated alkanes) is 1. The van der Waals surface area contributed by atoms with E-state index in [0.717, 1.165) is 23.5 Å². The maximum absolute atomic E-state index is 12.7. The number of thioether (sulfide) groups is 1. The van der Waals surface area contributed by atoms with Gasteiger partial charge in [-0.2, -0.15) is 0 Å². The SMILES string of the molecule is Fc1cccc(SCCCCCl)c1. The van der Waals surface area contributed by atoms with Crippen LogP contribution in [0.1, 0.15) is 12.8 Å². The topological polar surface area (TPSA) is 0 Å². The van der Waals surface area contributed by atoms with Gasteiger partial charge in [0.2, 0.25) is 0 Å². The number of hydrogen-bond donors (Lipinski definition) is 0. The summed E-state index contributed by atoms with van der Waals surface area (Å²) in [7, 11) is 0. The second-order valence-corrected chi connectivity index (χ2v) is 4.25. The van der Waals surface area contributed by atoms with Crippen molar-refractivity contribution in [1.29, 1.82) is 0 Å². The highest BCUT2D eigenvalue weighted by atomic mass is 35.5. The van der Waals surface area contributed by atoms with Crippen molar-refractivity contribution in [3.8, 4) is 0 Å². The highest BCUT2D eigenvalue weighted by molar-refractivity contribution is 7.99. The molecule has 0 unspecified atom stereocenters. The van der Waals surface area contributed by atoms with Crippen molar-refractivity contribution >= 4 is 23.4 Å². The number of alkyl halides is 1. The van der Waals surface area contributed by atoms with Crippen LogP contribution in [0.4, 0.5) is 4.39 Å². The third-order valence-corrected chi connectivity index (χ3v) is 2.94. The summed E-state index contributed by atoms with van der Waals surface area (Å²) < 4.78 is 12.7. The van der Waals surface area contributed by atoms with Gasteiger partial charge in [0.1, 0.15) is 5.82 Å². The predicted octanol–water partition coefficient (Wildman–Crippen LogP) is 3.94.